The number of carbonyl (C=O) groups is 1. The van der Waals surface area contributed by atoms with Gasteiger partial charge >= 0.3 is 6.18 Å². The van der Waals surface area contributed by atoms with Gasteiger partial charge in [-0.3, -0.25) is 4.79 Å². The zero-order valence-electron chi connectivity index (χ0n) is 13.6. The molecule has 2 aromatic carbocycles. The molecule has 0 bridgehead atoms. The summed E-state index contributed by atoms with van der Waals surface area (Å²) in [7, 11) is 0. The van der Waals surface area contributed by atoms with Gasteiger partial charge in [-0.2, -0.15) is 13.2 Å². The SMILES string of the molecule is O=C(COc1ccc(-n2ccnn2)cc1)Nc1ccc(Cl)c(C(F)(F)F)c1. The fraction of sp³-hybridized carbons (Fsp3) is 0.118. The van der Waals surface area contributed by atoms with Gasteiger partial charge in [-0.05, 0) is 42.5 Å². The lowest BCUT2D eigenvalue weighted by molar-refractivity contribution is -0.137. The van der Waals surface area contributed by atoms with Crippen LogP contribution in [0.3, 0.4) is 0 Å². The lowest BCUT2D eigenvalue weighted by Crippen LogP contribution is -2.20. The molecular weight excluding hydrogens is 385 g/mol. The minimum absolute atomic E-state index is 0.0261. The van der Waals surface area contributed by atoms with Crippen molar-refractivity contribution in [2.75, 3.05) is 11.9 Å². The van der Waals surface area contributed by atoms with Crippen LogP contribution in [0.4, 0.5) is 18.9 Å². The van der Waals surface area contributed by atoms with Gasteiger partial charge in [-0.25, -0.2) is 4.68 Å². The van der Waals surface area contributed by atoms with Gasteiger partial charge in [0.05, 0.1) is 28.7 Å². The van der Waals surface area contributed by atoms with E-state index in [0.717, 1.165) is 17.8 Å². The van der Waals surface area contributed by atoms with Crippen molar-refractivity contribution in [1.82, 2.24) is 15.0 Å². The third kappa shape index (κ3) is 4.76. The first kappa shape index (κ1) is 18.7. The van der Waals surface area contributed by atoms with Gasteiger partial charge in [0.25, 0.3) is 5.91 Å². The summed E-state index contributed by atoms with van der Waals surface area (Å²) in [6, 6.07) is 9.83. The van der Waals surface area contributed by atoms with E-state index < -0.39 is 22.7 Å². The first-order valence-corrected chi connectivity index (χ1v) is 7.97. The summed E-state index contributed by atoms with van der Waals surface area (Å²) in [5.74, 6) is -0.188. The van der Waals surface area contributed by atoms with Gasteiger partial charge in [0.15, 0.2) is 6.61 Å². The van der Waals surface area contributed by atoms with E-state index in [2.05, 4.69) is 15.6 Å². The van der Waals surface area contributed by atoms with Crippen molar-refractivity contribution in [1.29, 1.82) is 0 Å². The molecule has 0 radical (unpaired) electrons. The van der Waals surface area contributed by atoms with Crippen LogP contribution >= 0.6 is 11.6 Å². The van der Waals surface area contributed by atoms with E-state index in [1.165, 1.54) is 12.3 Å². The second-order valence-corrected chi connectivity index (χ2v) is 5.78. The van der Waals surface area contributed by atoms with E-state index in [-0.39, 0.29) is 12.3 Å². The number of carbonyl (C=O) groups excluding carboxylic acids is 1. The number of halogens is 4. The number of aromatic nitrogens is 3. The third-order valence-electron chi connectivity index (χ3n) is 3.45. The summed E-state index contributed by atoms with van der Waals surface area (Å²) in [4.78, 5) is 11.9. The first-order valence-electron chi connectivity index (χ1n) is 7.59. The molecule has 0 saturated heterocycles. The van der Waals surface area contributed by atoms with E-state index in [0.29, 0.717) is 5.75 Å². The van der Waals surface area contributed by atoms with Crippen molar-refractivity contribution in [2.45, 2.75) is 6.18 Å². The molecule has 3 aromatic rings. The maximum Gasteiger partial charge on any atom is 0.417 e. The summed E-state index contributed by atoms with van der Waals surface area (Å²) in [5, 5.41) is 9.44. The summed E-state index contributed by atoms with van der Waals surface area (Å²) in [6.45, 7) is -0.368. The molecule has 0 aliphatic rings. The molecule has 0 unspecified atom stereocenters. The minimum atomic E-state index is -4.61. The van der Waals surface area contributed by atoms with Crippen LogP contribution in [0.1, 0.15) is 5.56 Å². The zero-order chi connectivity index (χ0) is 19.4. The largest absolute Gasteiger partial charge is 0.484 e. The second-order valence-electron chi connectivity index (χ2n) is 5.37. The van der Waals surface area contributed by atoms with Gasteiger partial charge in [0, 0.05) is 5.69 Å². The fourth-order valence-corrected chi connectivity index (χ4v) is 2.43. The normalized spacial score (nSPS) is 11.3. The monoisotopic (exact) mass is 396 g/mol. The molecule has 140 valence electrons. The van der Waals surface area contributed by atoms with E-state index in [9.17, 15) is 18.0 Å². The van der Waals surface area contributed by atoms with E-state index in [1.807, 2.05) is 0 Å². The number of nitrogens with zero attached hydrogens (tertiary/aromatic N) is 3. The van der Waals surface area contributed by atoms with Crippen molar-refractivity contribution >= 4 is 23.2 Å². The van der Waals surface area contributed by atoms with Gasteiger partial charge < -0.3 is 10.1 Å². The topological polar surface area (TPSA) is 69.0 Å². The number of benzene rings is 2. The number of hydrogen-bond acceptors (Lipinski definition) is 4. The number of amides is 1. The maximum absolute atomic E-state index is 12.8. The second kappa shape index (κ2) is 7.67. The molecule has 0 spiro atoms. The van der Waals surface area contributed by atoms with Crippen LogP contribution in [0.25, 0.3) is 5.69 Å². The highest BCUT2D eigenvalue weighted by molar-refractivity contribution is 6.31. The quantitative estimate of drug-likeness (QED) is 0.709. The molecule has 0 aliphatic heterocycles. The molecule has 1 heterocycles. The van der Waals surface area contributed by atoms with Crippen LogP contribution in [0, 0.1) is 0 Å². The van der Waals surface area contributed by atoms with Crippen LogP contribution in [-0.2, 0) is 11.0 Å². The van der Waals surface area contributed by atoms with Gasteiger partial charge in [0.1, 0.15) is 5.75 Å². The standard InChI is InChI=1S/C17H12ClF3N4O2/c18-15-6-1-11(9-14(15)17(19,20)21)23-16(26)10-27-13-4-2-12(3-5-13)25-8-7-22-24-25/h1-9H,10H2,(H,23,26). The third-order valence-corrected chi connectivity index (χ3v) is 3.78. The highest BCUT2D eigenvalue weighted by atomic mass is 35.5. The summed E-state index contributed by atoms with van der Waals surface area (Å²) in [6.07, 6.45) is -1.40. The van der Waals surface area contributed by atoms with Gasteiger partial charge in [-0.15, -0.1) is 5.10 Å². The Morgan fingerprint density at radius 2 is 1.93 bits per heavy atom. The predicted molar refractivity (Wildman–Crippen MR) is 91.9 cm³/mol. The molecule has 0 aliphatic carbocycles. The van der Waals surface area contributed by atoms with Crippen LogP contribution in [0.2, 0.25) is 5.02 Å². The van der Waals surface area contributed by atoms with E-state index in [1.54, 1.807) is 35.1 Å². The maximum atomic E-state index is 12.8. The molecule has 1 amide bonds. The van der Waals surface area contributed by atoms with Crippen molar-refractivity contribution in [2.24, 2.45) is 0 Å². The lowest BCUT2D eigenvalue weighted by Gasteiger charge is -2.12. The van der Waals surface area contributed by atoms with Gasteiger partial charge in [-0.1, -0.05) is 16.8 Å². The van der Waals surface area contributed by atoms with E-state index >= 15 is 0 Å². The van der Waals surface area contributed by atoms with Crippen LogP contribution in [-0.4, -0.2) is 27.5 Å². The number of nitrogens with one attached hydrogen (secondary N) is 1. The Morgan fingerprint density at radius 3 is 2.56 bits per heavy atom. The highest BCUT2D eigenvalue weighted by Crippen LogP contribution is 2.36. The van der Waals surface area contributed by atoms with Crippen LogP contribution < -0.4 is 10.1 Å². The average molecular weight is 397 g/mol. The molecule has 0 saturated carbocycles. The van der Waals surface area contributed by atoms with Gasteiger partial charge in [0.2, 0.25) is 0 Å². The molecular formula is C17H12ClF3N4O2. The van der Waals surface area contributed by atoms with Crippen molar-refractivity contribution in [3.05, 3.63) is 65.4 Å². The molecule has 3 rings (SSSR count). The molecule has 6 nitrogen and oxygen atoms in total. The summed E-state index contributed by atoms with van der Waals surface area (Å²) in [5.41, 5.74) is -0.293. The predicted octanol–water partition coefficient (Wildman–Crippen LogP) is 3.96. The number of rotatable bonds is 5. The van der Waals surface area contributed by atoms with Crippen molar-refractivity contribution < 1.29 is 22.7 Å². The Balaban J connectivity index is 1.58. The Bertz CT molecular complexity index is 928. The van der Waals surface area contributed by atoms with Crippen LogP contribution in [0.5, 0.6) is 5.75 Å². The Kier molecular flexibility index (Phi) is 5.31. The number of anilines is 1. The van der Waals surface area contributed by atoms with Crippen LogP contribution in [0.15, 0.2) is 54.9 Å². The lowest BCUT2D eigenvalue weighted by atomic mass is 10.2. The molecule has 1 N–H and O–H groups in total. The number of alkyl halides is 3. The molecule has 0 fully saturated rings. The highest BCUT2D eigenvalue weighted by Gasteiger charge is 2.33. The Morgan fingerprint density at radius 1 is 1.19 bits per heavy atom. The molecule has 27 heavy (non-hydrogen) atoms. The number of ether oxygens (including phenoxy) is 1. The molecule has 10 heteroatoms. The van der Waals surface area contributed by atoms with E-state index in [4.69, 9.17) is 16.3 Å². The number of hydrogen-bond donors (Lipinski definition) is 1. The first-order chi connectivity index (χ1) is 12.8. The molecule has 0 atom stereocenters. The summed E-state index contributed by atoms with van der Waals surface area (Å²) >= 11 is 5.54. The smallest absolute Gasteiger partial charge is 0.417 e. The zero-order valence-corrected chi connectivity index (χ0v) is 14.3. The van der Waals surface area contributed by atoms with Crippen molar-refractivity contribution in [3.63, 3.8) is 0 Å². The Hall–Kier alpha value is -3.07. The Labute approximate surface area is 156 Å². The molecule has 1 aromatic heterocycles. The van der Waals surface area contributed by atoms with Crippen molar-refractivity contribution in [3.8, 4) is 11.4 Å². The average Bonchev–Trinajstić information content (AvgIpc) is 3.16. The minimum Gasteiger partial charge on any atom is -0.484 e. The summed E-state index contributed by atoms with van der Waals surface area (Å²) < 4.78 is 45.4. The fourth-order valence-electron chi connectivity index (χ4n) is 2.21.